The summed E-state index contributed by atoms with van der Waals surface area (Å²) in [4.78, 5) is 35.2. The van der Waals surface area contributed by atoms with Gasteiger partial charge in [-0.25, -0.2) is 4.79 Å². The lowest BCUT2D eigenvalue weighted by molar-refractivity contribution is -0.147. The molecule has 1 atom stereocenters. The van der Waals surface area contributed by atoms with Crippen LogP contribution in [0.15, 0.2) is 18.2 Å². The van der Waals surface area contributed by atoms with Gasteiger partial charge in [0.2, 0.25) is 5.91 Å². The second-order valence-electron chi connectivity index (χ2n) is 5.92. The molecule has 0 radical (unpaired) electrons. The summed E-state index contributed by atoms with van der Waals surface area (Å²) in [7, 11) is 0. The molecule has 1 aromatic rings. The smallest absolute Gasteiger partial charge is 0.329 e. The van der Waals surface area contributed by atoms with Gasteiger partial charge in [-0.1, -0.05) is 19.4 Å². The molecule has 0 aliphatic heterocycles. The lowest BCUT2D eigenvalue weighted by Crippen LogP contribution is -2.54. The molecule has 0 heterocycles. The third kappa shape index (κ3) is 5.09. The Morgan fingerprint density at radius 3 is 2.35 bits per heavy atom. The van der Waals surface area contributed by atoms with Crippen molar-refractivity contribution in [1.29, 1.82) is 0 Å². The summed E-state index contributed by atoms with van der Waals surface area (Å²) in [5.74, 6) is -1.98. The molecule has 126 valence electrons. The zero-order valence-electron chi connectivity index (χ0n) is 14.0. The van der Waals surface area contributed by atoms with Crippen LogP contribution in [-0.2, 0) is 9.59 Å². The fourth-order valence-electron chi connectivity index (χ4n) is 2.22. The van der Waals surface area contributed by atoms with Crippen LogP contribution in [0.2, 0.25) is 0 Å². The van der Waals surface area contributed by atoms with Gasteiger partial charge in [0, 0.05) is 5.56 Å². The predicted molar refractivity (Wildman–Crippen MR) is 87.3 cm³/mol. The standard InChI is InChI=1S/C17H24N2O4/c1-5-8-17(4,16(22)23)19-14(20)10-18-15(21)13-7-6-11(2)12(3)9-13/h6-7,9H,5,8,10H2,1-4H3,(H,18,21)(H,19,20)(H,22,23). The Morgan fingerprint density at radius 1 is 1.17 bits per heavy atom. The van der Waals surface area contributed by atoms with Gasteiger partial charge in [0.05, 0.1) is 6.54 Å². The molecule has 1 unspecified atom stereocenters. The summed E-state index contributed by atoms with van der Waals surface area (Å²) in [6.45, 7) is 6.89. The molecule has 23 heavy (non-hydrogen) atoms. The average molecular weight is 320 g/mol. The van der Waals surface area contributed by atoms with Crippen molar-refractivity contribution in [3.8, 4) is 0 Å². The number of aryl methyl sites for hydroxylation is 2. The molecule has 0 aliphatic carbocycles. The van der Waals surface area contributed by atoms with Crippen LogP contribution in [-0.4, -0.2) is 35.0 Å². The van der Waals surface area contributed by atoms with Gasteiger partial charge in [0.1, 0.15) is 5.54 Å². The van der Waals surface area contributed by atoms with Gasteiger partial charge in [0.25, 0.3) is 5.91 Å². The highest BCUT2D eigenvalue weighted by Crippen LogP contribution is 2.12. The van der Waals surface area contributed by atoms with Crippen LogP contribution in [0.1, 0.15) is 48.2 Å². The summed E-state index contributed by atoms with van der Waals surface area (Å²) in [6, 6.07) is 5.28. The molecular formula is C17H24N2O4. The molecule has 0 saturated heterocycles. The largest absolute Gasteiger partial charge is 0.480 e. The van der Waals surface area contributed by atoms with E-state index >= 15 is 0 Å². The van der Waals surface area contributed by atoms with Crippen LogP contribution < -0.4 is 10.6 Å². The minimum atomic E-state index is -1.32. The maximum absolute atomic E-state index is 12.0. The number of hydrogen-bond acceptors (Lipinski definition) is 3. The van der Waals surface area contributed by atoms with Gasteiger partial charge in [-0.2, -0.15) is 0 Å². The lowest BCUT2D eigenvalue weighted by atomic mass is 9.96. The van der Waals surface area contributed by atoms with Crippen LogP contribution in [0.3, 0.4) is 0 Å². The molecule has 0 aromatic heterocycles. The fourth-order valence-corrected chi connectivity index (χ4v) is 2.22. The highest BCUT2D eigenvalue weighted by molar-refractivity contribution is 5.97. The number of aliphatic carboxylic acids is 1. The van der Waals surface area contributed by atoms with Gasteiger partial charge >= 0.3 is 5.97 Å². The number of carbonyl (C=O) groups is 3. The lowest BCUT2D eigenvalue weighted by Gasteiger charge is -2.25. The van der Waals surface area contributed by atoms with Crippen molar-refractivity contribution in [2.45, 2.75) is 46.1 Å². The Bertz CT molecular complexity index is 613. The Kier molecular flexibility index (Phi) is 6.30. The summed E-state index contributed by atoms with van der Waals surface area (Å²) in [6.07, 6.45) is 0.942. The monoisotopic (exact) mass is 320 g/mol. The van der Waals surface area contributed by atoms with Crippen molar-refractivity contribution in [2.75, 3.05) is 6.54 Å². The van der Waals surface area contributed by atoms with E-state index in [0.29, 0.717) is 18.4 Å². The highest BCUT2D eigenvalue weighted by Gasteiger charge is 2.33. The second-order valence-corrected chi connectivity index (χ2v) is 5.92. The first-order chi connectivity index (χ1) is 10.7. The molecule has 0 bridgehead atoms. The minimum absolute atomic E-state index is 0.266. The van der Waals surface area contributed by atoms with Crippen LogP contribution >= 0.6 is 0 Å². The SMILES string of the molecule is CCCC(C)(NC(=O)CNC(=O)c1ccc(C)c(C)c1)C(=O)O. The molecule has 6 heteroatoms. The van der Waals surface area contributed by atoms with Crippen molar-refractivity contribution in [2.24, 2.45) is 0 Å². The number of nitrogens with one attached hydrogen (secondary N) is 2. The highest BCUT2D eigenvalue weighted by atomic mass is 16.4. The van der Waals surface area contributed by atoms with E-state index in [-0.39, 0.29) is 12.5 Å². The van der Waals surface area contributed by atoms with Crippen LogP contribution in [0.5, 0.6) is 0 Å². The van der Waals surface area contributed by atoms with E-state index in [1.54, 1.807) is 12.1 Å². The molecular weight excluding hydrogens is 296 g/mol. The van der Waals surface area contributed by atoms with Gasteiger partial charge in [-0.3, -0.25) is 9.59 Å². The first kappa shape index (κ1) is 18.7. The molecule has 2 amide bonds. The topological polar surface area (TPSA) is 95.5 Å². The van der Waals surface area contributed by atoms with Gasteiger partial charge in [-0.15, -0.1) is 0 Å². The quantitative estimate of drug-likeness (QED) is 0.714. The van der Waals surface area contributed by atoms with Gasteiger partial charge in [-0.05, 0) is 50.5 Å². The van der Waals surface area contributed by atoms with Gasteiger partial charge in [0.15, 0.2) is 0 Å². The van der Waals surface area contributed by atoms with Crippen LogP contribution in [0.25, 0.3) is 0 Å². The molecule has 0 spiro atoms. The number of carbonyl (C=O) groups excluding carboxylic acids is 2. The molecule has 6 nitrogen and oxygen atoms in total. The van der Waals surface area contributed by atoms with E-state index in [2.05, 4.69) is 10.6 Å². The number of carboxylic acids is 1. The summed E-state index contributed by atoms with van der Waals surface area (Å²) < 4.78 is 0. The Balaban J connectivity index is 2.63. The molecule has 1 aromatic carbocycles. The number of carboxylic acid groups (broad SMARTS) is 1. The van der Waals surface area contributed by atoms with Crippen molar-refractivity contribution in [3.63, 3.8) is 0 Å². The first-order valence-electron chi connectivity index (χ1n) is 7.59. The van der Waals surface area contributed by atoms with E-state index < -0.39 is 17.4 Å². The molecule has 0 saturated carbocycles. The third-order valence-corrected chi connectivity index (χ3v) is 3.82. The Morgan fingerprint density at radius 2 is 1.83 bits per heavy atom. The number of amides is 2. The predicted octanol–water partition coefficient (Wildman–Crippen LogP) is 1.79. The normalized spacial score (nSPS) is 13.0. The summed E-state index contributed by atoms with van der Waals surface area (Å²) in [5.41, 5.74) is 1.21. The number of rotatable bonds is 7. The molecule has 3 N–H and O–H groups in total. The zero-order valence-corrected chi connectivity index (χ0v) is 14.0. The Hall–Kier alpha value is -2.37. The second kappa shape index (κ2) is 7.76. The molecule has 0 aliphatic rings. The number of hydrogen-bond donors (Lipinski definition) is 3. The zero-order chi connectivity index (χ0) is 17.6. The molecule has 0 fully saturated rings. The van der Waals surface area contributed by atoms with E-state index in [0.717, 1.165) is 11.1 Å². The van der Waals surface area contributed by atoms with Crippen molar-refractivity contribution in [1.82, 2.24) is 10.6 Å². The van der Waals surface area contributed by atoms with Crippen molar-refractivity contribution in [3.05, 3.63) is 34.9 Å². The maximum atomic E-state index is 12.0. The van der Waals surface area contributed by atoms with Crippen LogP contribution in [0, 0.1) is 13.8 Å². The minimum Gasteiger partial charge on any atom is -0.480 e. The van der Waals surface area contributed by atoms with Crippen molar-refractivity contribution < 1.29 is 19.5 Å². The average Bonchev–Trinajstić information content (AvgIpc) is 2.47. The maximum Gasteiger partial charge on any atom is 0.329 e. The fraction of sp³-hybridized carbons (Fsp3) is 0.471. The van der Waals surface area contributed by atoms with Crippen molar-refractivity contribution >= 4 is 17.8 Å². The summed E-state index contributed by atoms with van der Waals surface area (Å²) >= 11 is 0. The molecule has 1 rings (SSSR count). The van der Waals surface area contributed by atoms with E-state index in [9.17, 15) is 19.5 Å². The first-order valence-corrected chi connectivity index (χ1v) is 7.59. The van der Waals surface area contributed by atoms with Gasteiger partial charge < -0.3 is 15.7 Å². The van der Waals surface area contributed by atoms with E-state index in [1.807, 2.05) is 26.8 Å². The van der Waals surface area contributed by atoms with E-state index in [1.165, 1.54) is 6.92 Å². The number of benzene rings is 1. The Labute approximate surface area is 136 Å². The van der Waals surface area contributed by atoms with E-state index in [4.69, 9.17) is 0 Å². The summed E-state index contributed by atoms with van der Waals surface area (Å²) in [5, 5.41) is 14.2. The van der Waals surface area contributed by atoms with Crippen LogP contribution in [0.4, 0.5) is 0 Å². The third-order valence-electron chi connectivity index (χ3n) is 3.82.